The normalized spacial score (nSPS) is 12.9. The number of carbonyl (C=O) groups excluding carboxylic acids is 1. The van der Waals surface area contributed by atoms with Gasteiger partial charge in [-0.15, -0.1) is 0 Å². The van der Waals surface area contributed by atoms with Gasteiger partial charge in [0.1, 0.15) is 0 Å². The highest BCUT2D eigenvalue weighted by Crippen LogP contribution is 2.19. The van der Waals surface area contributed by atoms with E-state index in [2.05, 4.69) is 26.1 Å². The largest absolute Gasteiger partial charge is 0.378 e. The summed E-state index contributed by atoms with van der Waals surface area (Å²) in [5.41, 5.74) is 7.89. The van der Waals surface area contributed by atoms with Gasteiger partial charge in [-0.1, -0.05) is 26.8 Å². The molecule has 0 aliphatic carbocycles. The quantitative estimate of drug-likeness (QED) is 0.868. The van der Waals surface area contributed by atoms with E-state index in [1.165, 1.54) is 0 Å². The van der Waals surface area contributed by atoms with Crippen LogP contribution in [0, 0.1) is 5.41 Å². The predicted molar refractivity (Wildman–Crippen MR) is 85.1 cm³/mol. The van der Waals surface area contributed by atoms with Gasteiger partial charge in [0.2, 0.25) is 0 Å². The van der Waals surface area contributed by atoms with Gasteiger partial charge in [0.15, 0.2) is 0 Å². The van der Waals surface area contributed by atoms with E-state index in [0.29, 0.717) is 12.1 Å². The Hall–Kier alpha value is -1.55. The maximum atomic E-state index is 12.1. The van der Waals surface area contributed by atoms with Gasteiger partial charge in [-0.3, -0.25) is 4.79 Å². The zero-order chi connectivity index (χ0) is 15.3. The summed E-state index contributed by atoms with van der Waals surface area (Å²) in [7, 11) is 3.91. The van der Waals surface area contributed by atoms with Gasteiger partial charge in [-0.25, -0.2) is 0 Å². The maximum absolute atomic E-state index is 12.1. The highest BCUT2D eigenvalue weighted by molar-refractivity contribution is 5.95. The van der Waals surface area contributed by atoms with Crippen LogP contribution in [0.5, 0.6) is 0 Å². The number of hydrogen-bond acceptors (Lipinski definition) is 3. The van der Waals surface area contributed by atoms with Crippen LogP contribution in [0.25, 0.3) is 0 Å². The second-order valence-corrected chi connectivity index (χ2v) is 6.68. The monoisotopic (exact) mass is 277 g/mol. The zero-order valence-corrected chi connectivity index (χ0v) is 13.2. The predicted octanol–water partition coefficient (Wildman–Crippen LogP) is 2.25. The lowest BCUT2D eigenvalue weighted by Crippen LogP contribution is -2.39. The van der Waals surface area contributed by atoms with E-state index < -0.39 is 0 Å². The van der Waals surface area contributed by atoms with Gasteiger partial charge in [-0.05, 0) is 30.0 Å². The fourth-order valence-electron chi connectivity index (χ4n) is 2.11. The van der Waals surface area contributed by atoms with E-state index in [4.69, 9.17) is 5.73 Å². The third-order valence-electron chi connectivity index (χ3n) is 3.02. The van der Waals surface area contributed by atoms with Gasteiger partial charge < -0.3 is 16.0 Å². The molecule has 0 saturated heterocycles. The lowest BCUT2D eigenvalue weighted by Gasteiger charge is -2.23. The highest BCUT2D eigenvalue weighted by Gasteiger charge is 2.16. The molecule has 20 heavy (non-hydrogen) atoms. The molecule has 0 bridgehead atoms. The zero-order valence-electron chi connectivity index (χ0n) is 13.2. The summed E-state index contributed by atoms with van der Waals surface area (Å²) >= 11 is 0. The van der Waals surface area contributed by atoms with Crippen molar-refractivity contribution in [1.29, 1.82) is 0 Å². The molecular weight excluding hydrogens is 250 g/mol. The first-order valence-corrected chi connectivity index (χ1v) is 7.00. The fraction of sp³-hybridized carbons (Fsp3) is 0.562. The first kappa shape index (κ1) is 16.5. The van der Waals surface area contributed by atoms with Crippen LogP contribution < -0.4 is 16.0 Å². The van der Waals surface area contributed by atoms with Crippen molar-refractivity contribution >= 4 is 11.6 Å². The summed E-state index contributed by atoms with van der Waals surface area (Å²) in [6.07, 6.45) is 0.880. The van der Waals surface area contributed by atoms with Crippen LogP contribution in [0.4, 0.5) is 5.69 Å². The van der Waals surface area contributed by atoms with Gasteiger partial charge in [0, 0.05) is 37.9 Å². The molecule has 1 unspecified atom stereocenters. The topological polar surface area (TPSA) is 58.4 Å². The molecule has 1 atom stereocenters. The van der Waals surface area contributed by atoms with Gasteiger partial charge >= 0.3 is 0 Å². The van der Waals surface area contributed by atoms with Crippen molar-refractivity contribution in [1.82, 2.24) is 5.32 Å². The van der Waals surface area contributed by atoms with E-state index in [1.54, 1.807) is 0 Å². The minimum Gasteiger partial charge on any atom is -0.378 e. The molecule has 1 aromatic carbocycles. The van der Waals surface area contributed by atoms with Crippen molar-refractivity contribution < 1.29 is 4.79 Å². The number of carbonyl (C=O) groups is 1. The molecule has 4 heteroatoms. The molecule has 0 aliphatic heterocycles. The Kier molecular flexibility index (Phi) is 5.57. The first-order chi connectivity index (χ1) is 9.19. The molecular formula is C16H27N3O. The van der Waals surface area contributed by atoms with Gasteiger partial charge in [0.05, 0.1) is 0 Å². The number of nitrogens with zero attached hydrogens (tertiary/aromatic N) is 1. The Balaban J connectivity index is 2.57. The van der Waals surface area contributed by atoms with Crippen molar-refractivity contribution in [2.75, 3.05) is 25.5 Å². The molecule has 112 valence electrons. The Labute approximate surface area is 122 Å². The number of amides is 1. The molecule has 0 heterocycles. The van der Waals surface area contributed by atoms with Crippen LogP contribution in [0.15, 0.2) is 24.3 Å². The van der Waals surface area contributed by atoms with Crippen LogP contribution in [0.2, 0.25) is 0 Å². The molecule has 0 aliphatic rings. The summed E-state index contributed by atoms with van der Waals surface area (Å²) in [5.74, 6) is -0.0712. The molecule has 1 aromatic rings. The van der Waals surface area contributed by atoms with Crippen molar-refractivity contribution in [3.05, 3.63) is 29.8 Å². The molecule has 0 spiro atoms. The lowest BCUT2D eigenvalue weighted by molar-refractivity contribution is 0.0948. The summed E-state index contributed by atoms with van der Waals surface area (Å²) in [6, 6.07) is 7.54. The lowest BCUT2D eigenvalue weighted by atomic mass is 9.88. The first-order valence-electron chi connectivity index (χ1n) is 7.00. The molecule has 0 fully saturated rings. The van der Waals surface area contributed by atoms with Crippen LogP contribution in [0.1, 0.15) is 37.6 Å². The summed E-state index contributed by atoms with van der Waals surface area (Å²) in [5, 5.41) is 2.90. The molecule has 0 saturated carbocycles. The van der Waals surface area contributed by atoms with Gasteiger partial charge in [-0.2, -0.15) is 0 Å². The average molecular weight is 277 g/mol. The smallest absolute Gasteiger partial charge is 0.251 e. The third-order valence-corrected chi connectivity index (χ3v) is 3.02. The van der Waals surface area contributed by atoms with E-state index >= 15 is 0 Å². The molecule has 3 N–H and O–H groups in total. The molecule has 1 amide bonds. The number of anilines is 1. The number of rotatable bonds is 5. The fourth-order valence-corrected chi connectivity index (χ4v) is 2.11. The minimum absolute atomic E-state index is 0.0176. The van der Waals surface area contributed by atoms with Crippen LogP contribution >= 0.6 is 0 Å². The SMILES string of the molecule is CN(C)c1cccc(C(=O)NCC(N)CC(C)(C)C)c1. The number of nitrogens with two attached hydrogens (primary N) is 1. The Bertz CT molecular complexity index is 449. The van der Waals surface area contributed by atoms with E-state index in [0.717, 1.165) is 12.1 Å². The highest BCUT2D eigenvalue weighted by atomic mass is 16.1. The summed E-state index contributed by atoms with van der Waals surface area (Å²) in [6.45, 7) is 6.95. The molecule has 0 aromatic heterocycles. The number of hydrogen-bond donors (Lipinski definition) is 2. The van der Waals surface area contributed by atoms with Gasteiger partial charge in [0.25, 0.3) is 5.91 Å². The molecule has 1 rings (SSSR count). The Morgan fingerprint density at radius 3 is 2.55 bits per heavy atom. The maximum Gasteiger partial charge on any atom is 0.251 e. The summed E-state index contributed by atoms with van der Waals surface area (Å²) in [4.78, 5) is 14.1. The van der Waals surface area contributed by atoms with Crippen LogP contribution in [0.3, 0.4) is 0 Å². The second kappa shape index (κ2) is 6.75. The number of benzene rings is 1. The standard InChI is InChI=1S/C16H27N3O/c1-16(2,3)10-13(17)11-18-15(20)12-7-6-8-14(9-12)19(4)5/h6-9,13H,10-11,17H2,1-5H3,(H,18,20). The van der Waals surface area contributed by atoms with Crippen LogP contribution in [-0.4, -0.2) is 32.6 Å². The van der Waals surface area contributed by atoms with E-state index in [9.17, 15) is 4.79 Å². The molecule has 4 nitrogen and oxygen atoms in total. The second-order valence-electron chi connectivity index (χ2n) is 6.68. The van der Waals surface area contributed by atoms with E-state index in [1.807, 2.05) is 43.3 Å². The Morgan fingerprint density at radius 1 is 1.35 bits per heavy atom. The van der Waals surface area contributed by atoms with E-state index in [-0.39, 0.29) is 17.4 Å². The number of nitrogens with one attached hydrogen (secondary N) is 1. The molecule has 0 radical (unpaired) electrons. The third kappa shape index (κ3) is 5.61. The van der Waals surface area contributed by atoms with Crippen molar-refractivity contribution in [3.8, 4) is 0 Å². The van der Waals surface area contributed by atoms with Crippen LogP contribution in [-0.2, 0) is 0 Å². The van der Waals surface area contributed by atoms with Crippen molar-refractivity contribution in [2.45, 2.75) is 33.2 Å². The van der Waals surface area contributed by atoms with Crippen molar-refractivity contribution in [2.24, 2.45) is 11.1 Å². The minimum atomic E-state index is -0.0712. The van der Waals surface area contributed by atoms with Crippen molar-refractivity contribution in [3.63, 3.8) is 0 Å². The summed E-state index contributed by atoms with van der Waals surface area (Å²) < 4.78 is 0. The Morgan fingerprint density at radius 2 is 2.00 bits per heavy atom. The average Bonchev–Trinajstić information content (AvgIpc) is 2.34.